The number of amides is 1. The van der Waals surface area contributed by atoms with E-state index in [0.29, 0.717) is 17.2 Å². The number of carbonyl (C=O) groups is 1. The van der Waals surface area contributed by atoms with Crippen molar-refractivity contribution in [2.24, 2.45) is 5.92 Å². The first-order valence-electron chi connectivity index (χ1n) is 10.3. The Hall–Kier alpha value is -2.15. The number of benzene rings is 1. The number of carbonyl (C=O) groups excluding carboxylic acids is 1. The van der Waals surface area contributed by atoms with E-state index in [2.05, 4.69) is 22.8 Å². The topological polar surface area (TPSA) is 72.3 Å². The van der Waals surface area contributed by atoms with Crippen molar-refractivity contribution in [3.05, 3.63) is 47.3 Å². The second kappa shape index (κ2) is 8.69. The van der Waals surface area contributed by atoms with Crippen LogP contribution in [0.25, 0.3) is 0 Å². The van der Waals surface area contributed by atoms with Crippen molar-refractivity contribution in [1.82, 2.24) is 14.7 Å². The predicted molar refractivity (Wildman–Crippen MR) is 113 cm³/mol. The monoisotopic (exact) mass is 417 g/mol. The second-order valence-corrected chi connectivity index (χ2v) is 10.9. The number of hydrogen-bond acceptors (Lipinski definition) is 4. The van der Waals surface area contributed by atoms with E-state index in [9.17, 15) is 13.2 Å². The molecule has 1 aromatic heterocycles. The van der Waals surface area contributed by atoms with E-state index in [-0.39, 0.29) is 5.91 Å². The van der Waals surface area contributed by atoms with Gasteiger partial charge in [-0.2, -0.15) is 5.10 Å². The zero-order chi connectivity index (χ0) is 21.2. The van der Waals surface area contributed by atoms with E-state index >= 15 is 0 Å². The molecule has 3 rings (SSSR count). The number of aryl methyl sites for hydroxylation is 2. The van der Waals surface area contributed by atoms with E-state index in [0.717, 1.165) is 43.7 Å². The highest BCUT2D eigenvalue weighted by molar-refractivity contribution is 7.92. The molecule has 29 heavy (non-hydrogen) atoms. The number of piperidine rings is 1. The van der Waals surface area contributed by atoms with E-state index in [1.807, 2.05) is 11.8 Å². The molecule has 1 saturated heterocycles. The number of aromatic nitrogens is 2. The van der Waals surface area contributed by atoms with Gasteiger partial charge in [0.15, 0.2) is 9.84 Å². The first-order chi connectivity index (χ1) is 13.7. The molecule has 1 amide bonds. The molecule has 0 radical (unpaired) electrons. The van der Waals surface area contributed by atoms with Crippen LogP contribution in [0.2, 0.25) is 0 Å². The van der Waals surface area contributed by atoms with Crippen LogP contribution in [0.1, 0.15) is 43.6 Å². The largest absolute Gasteiger partial charge is 0.342 e. The van der Waals surface area contributed by atoms with Crippen LogP contribution in [0.4, 0.5) is 0 Å². The number of sulfone groups is 1. The normalized spacial score (nSPS) is 15.8. The maximum Gasteiger partial charge on any atom is 0.226 e. The van der Waals surface area contributed by atoms with Crippen molar-refractivity contribution in [1.29, 1.82) is 0 Å². The van der Waals surface area contributed by atoms with Gasteiger partial charge in [0.25, 0.3) is 0 Å². The summed E-state index contributed by atoms with van der Waals surface area (Å²) in [5.74, 6) is 0.645. The fourth-order valence-corrected chi connectivity index (χ4v) is 4.88. The predicted octanol–water partition coefficient (Wildman–Crippen LogP) is 3.16. The maximum absolute atomic E-state index is 12.7. The third-order valence-electron chi connectivity index (χ3n) is 5.73. The molecule has 0 saturated carbocycles. The molecule has 0 aliphatic carbocycles. The highest BCUT2D eigenvalue weighted by Crippen LogP contribution is 2.21. The highest BCUT2D eigenvalue weighted by Gasteiger charge is 2.24. The van der Waals surface area contributed by atoms with Crippen molar-refractivity contribution < 1.29 is 13.2 Å². The lowest BCUT2D eigenvalue weighted by Gasteiger charge is -2.32. The van der Waals surface area contributed by atoms with Crippen LogP contribution in [-0.2, 0) is 27.6 Å². The average Bonchev–Trinajstić information content (AvgIpc) is 2.99. The lowest BCUT2D eigenvalue weighted by Crippen LogP contribution is -2.40. The summed E-state index contributed by atoms with van der Waals surface area (Å²) in [6, 6.07) is 8.82. The van der Waals surface area contributed by atoms with Crippen molar-refractivity contribution in [2.45, 2.75) is 63.6 Å². The second-order valence-electron chi connectivity index (χ2n) is 8.35. The molecule has 0 unspecified atom stereocenters. The summed E-state index contributed by atoms with van der Waals surface area (Å²) < 4.78 is 26.5. The number of nitrogens with zero attached hydrogens (tertiary/aromatic N) is 3. The highest BCUT2D eigenvalue weighted by atomic mass is 32.2. The van der Waals surface area contributed by atoms with Crippen LogP contribution >= 0.6 is 0 Å². The molecule has 158 valence electrons. The van der Waals surface area contributed by atoms with E-state index < -0.39 is 15.1 Å². The molecule has 1 aromatic carbocycles. The Balaban J connectivity index is 1.53. The summed E-state index contributed by atoms with van der Waals surface area (Å²) in [7, 11) is -3.28. The molecular weight excluding hydrogens is 386 g/mol. The Kier molecular flexibility index (Phi) is 6.46. The van der Waals surface area contributed by atoms with Gasteiger partial charge in [0.2, 0.25) is 5.91 Å². The molecule has 0 N–H and O–H groups in total. The molecular formula is C22H31N3O3S. The van der Waals surface area contributed by atoms with E-state index in [1.54, 1.807) is 38.1 Å². The number of likely N-dealkylation sites (tertiary alicyclic amines) is 1. The van der Waals surface area contributed by atoms with Gasteiger partial charge in [-0.3, -0.25) is 9.48 Å². The van der Waals surface area contributed by atoms with E-state index in [1.165, 1.54) is 5.69 Å². The van der Waals surface area contributed by atoms with Crippen molar-refractivity contribution in [3.63, 3.8) is 0 Å². The molecule has 0 spiro atoms. The first-order valence-corrected chi connectivity index (χ1v) is 11.8. The number of hydrogen-bond donors (Lipinski definition) is 0. The zero-order valence-electron chi connectivity index (χ0n) is 17.8. The van der Waals surface area contributed by atoms with Gasteiger partial charge in [0, 0.05) is 25.3 Å². The minimum absolute atomic E-state index is 0.106. The van der Waals surface area contributed by atoms with Crippen molar-refractivity contribution in [3.8, 4) is 0 Å². The molecule has 0 atom stereocenters. The van der Waals surface area contributed by atoms with Gasteiger partial charge >= 0.3 is 0 Å². The van der Waals surface area contributed by atoms with Crippen molar-refractivity contribution >= 4 is 15.7 Å². The first kappa shape index (κ1) is 21.6. The summed E-state index contributed by atoms with van der Waals surface area (Å²) >= 11 is 0. The van der Waals surface area contributed by atoms with Gasteiger partial charge in [-0.05, 0) is 70.2 Å². The fraction of sp³-hybridized carbons (Fsp3) is 0.545. The molecule has 2 heterocycles. The SMILES string of the molecule is Cc1cc(C)n(CC2CCN(C(=O)Cc3ccc(S(=O)(=O)C(C)C)cc3)CC2)n1. The fourth-order valence-electron chi connectivity index (χ4n) is 3.82. The summed E-state index contributed by atoms with van der Waals surface area (Å²) in [5.41, 5.74) is 3.08. The zero-order valence-corrected chi connectivity index (χ0v) is 18.6. The molecule has 7 heteroatoms. The van der Waals surface area contributed by atoms with Crippen molar-refractivity contribution in [2.75, 3.05) is 13.1 Å². The Bertz CT molecular complexity index is 954. The third kappa shape index (κ3) is 5.07. The van der Waals surface area contributed by atoms with Gasteiger partial charge in [0.1, 0.15) is 0 Å². The average molecular weight is 418 g/mol. The van der Waals surface area contributed by atoms with Crippen LogP contribution < -0.4 is 0 Å². The minimum Gasteiger partial charge on any atom is -0.342 e. The van der Waals surface area contributed by atoms with Crippen LogP contribution in [0.15, 0.2) is 35.2 Å². The van der Waals surface area contributed by atoms with Crippen LogP contribution in [0, 0.1) is 19.8 Å². The van der Waals surface area contributed by atoms with Gasteiger partial charge < -0.3 is 4.90 Å². The smallest absolute Gasteiger partial charge is 0.226 e. The Morgan fingerprint density at radius 3 is 2.28 bits per heavy atom. The summed E-state index contributed by atoms with van der Waals surface area (Å²) in [4.78, 5) is 14.9. The maximum atomic E-state index is 12.7. The quantitative estimate of drug-likeness (QED) is 0.724. The lowest BCUT2D eigenvalue weighted by molar-refractivity contribution is -0.131. The molecule has 1 fully saturated rings. The Morgan fingerprint density at radius 2 is 1.76 bits per heavy atom. The molecule has 1 aliphatic rings. The molecule has 6 nitrogen and oxygen atoms in total. The third-order valence-corrected chi connectivity index (χ3v) is 7.90. The standard InChI is InChI=1S/C22H31N3O3S/c1-16(2)29(27,28)21-7-5-19(6-8-21)14-22(26)24-11-9-20(10-12-24)15-25-18(4)13-17(3)23-25/h5-8,13,16,20H,9-12,14-15H2,1-4H3. The molecule has 2 aromatic rings. The van der Waals surface area contributed by atoms with Crippen LogP contribution in [0.5, 0.6) is 0 Å². The lowest BCUT2D eigenvalue weighted by atomic mass is 9.96. The van der Waals surface area contributed by atoms with Gasteiger partial charge in [-0.25, -0.2) is 8.42 Å². The Morgan fingerprint density at radius 1 is 1.14 bits per heavy atom. The van der Waals surface area contributed by atoms with Crippen LogP contribution in [-0.4, -0.2) is 47.3 Å². The van der Waals surface area contributed by atoms with Crippen LogP contribution in [0.3, 0.4) is 0 Å². The summed E-state index contributed by atoms with van der Waals surface area (Å²) in [6.45, 7) is 9.88. The molecule has 1 aliphatic heterocycles. The van der Waals surface area contributed by atoms with Gasteiger partial charge in [0.05, 0.1) is 22.3 Å². The molecule has 0 bridgehead atoms. The number of rotatable bonds is 6. The van der Waals surface area contributed by atoms with E-state index in [4.69, 9.17) is 0 Å². The van der Waals surface area contributed by atoms with Gasteiger partial charge in [-0.1, -0.05) is 12.1 Å². The summed E-state index contributed by atoms with van der Waals surface area (Å²) in [6.07, 6.45) is 2.27. The minimum atomic E-state index is -3.28. The van der Waals surface area contributed by atoms with Gasteiger partial charge in [-0.15, -0.1) is 0 Å². The Labute approximate surface area is 173 Å². The summed E-state index contributed by atoms with van der Waals surface area (Å²) in [5, 5.41) is 4.09.